The molecule has 1 heteroatoms. The van der Waals surface area contributed by atoms with E-state index in [0.29, 0.717) is 0 Å². The Bertz CT molecular complexity index is 326. The monoisotopic (exact) mass is 484 g/mol. The smallest absolute Gasteiger partial charge is 0.0654 e. The molecule has 0 nitrogen and oxygen atoms in total. The van der Waals surface area contributed by atoms with E-state index in [1.165, 1.54) is 128 Å². The maximum Gasteiger partial charge on any atom is 0.0677 e. The normalized spacial score (nSPS) is 17.5. The zero-order valence-electron chi connectivity index (χ0n) is 24.9. The Morgan fingerprint density at radius 1 is 0.333 bits per heavy atom. The van der Waals surface area contributed by atoms with Crippen LogP contribution in [0.25, 0.3) is 0 Å². The van der Waals surface area contributed by atoms with E-state index in [0.717, 1.165) is 22.6 Å². The highest BCUT2D eigenvalue weighted by Gasteiger charge is 2.54. The molecule has 0 aliphatic rings. The van der Waals surface area contributed by atoms with Gasteiger partial charge in [0.15, 0.2) is 0 Å². The van der Waals surface area contributed by atoms with Crippen LogP contribution in [0.3, 0.4) is 0 Å². The van der Waals surface area contributed by atoms with Crippen LogP contribution in [0.1, 0.15) is 184 Å². The largest absolute Gasteiger partial charge is 0.0677 e. The summed E-state index contributed by atoms with van der Waals surface area (Å²) in [6, 6.07) is 0. The van der Waals surface area contributed by atoms with Gasteiger partial charge in [-0.05, 0) is 79.1 Å². The molecule has 0 aromatic heterocycles. The van der Waals surface area contributed by atoms with Crippen molar-refractivity contribution < 1.29 is 0 Å². The van der Waals surface area contributed by atoms with E-state index in [9.17, 15) is 0 Å². The van der Waals surface area contributed by atoms with Crippen LogP contribution in [-0.4, -0.2) is 22.6 Å². The van der Waals surface area contributed by atoms with E-state index in [2.05, 4.69) is 55.4 Å². The molecule has 0 saturated heterocycles. The van der Waals surface area contributed by atoms with Crippen molar-refractivity contribution in [1.29, 1.82) is 0 Å². The van der Waals surface area contributed by atoms with Crippen molar-refractivity contribution >= 4 is 7.26 Å². The van der Waals surface area contributed by atoms with Gasteiger partial charge in [0.1, 0.15) is 0 Å². The van der Waals surface area contributed by atoms with Crippen molar-refractivity contribution in [3.05, 3.63) is 0 Å². The predicted octanol–water partition coefficient (Wildman–Crippen LogP) is 12.4. The van der Waals surface area contributed by atoms with Crippen LogP contribution in [0.2, 0.25) is 0 Å². The summed E-state index contributed by atoms with van der Waals surface area (Å²) in [5.41, 5.74) is 3.88. The minimum absolute atomic E-state index is 0.970. The van der Waals surface area contributed by atoms with Crippen molar-refractivity contribution in [1.82, 2.24) is 0 Å². The van der Waals surface area contributed by atoms with Crippen molar-refractivity contribution in [3.63, 3.8) is 0 Å². The van der Waals surface area contributed by atoms with Crippen LogP contribution >= 0.6 is 7.26 Å². The Balaban J connectivity index is 5.70. The SMILES string of the molecule is CCCCCCC(C)[P+](C(C)CCCCCC)(C(C)CCCCCC)C(C)CCCCCC. The molecule has 4 atom stereocenters. The van der Waals surface area contributed by atoms with Crippen LogP contribution < -0.4 is 0 Å². The van der Waals surface area contributed by atoms with Crippen molar-refractivity contribution in [2.24, 2.45) is 0 Å². The summed E-state index contributed by atoms with van der Waals surface area (Å²) in [6.45, 7) is 20.3. The molecule has 33 heavy (non-hydrogen) atoms. The molecule has 0 aromatic rings. The van der Waals surface area contributed by atoms with Gasteiger partial charge in [-0.1, -0.05) is 105 Å². The quantitative estimate of drug-likeness (QED) is 0.0945. The topological polar surface area (TPSA) is 0 Å². The first kappa shape index (κ1) is 33.4. The van der Waals surface area contributed by atoms with Gasteiger partial charge in [-0.2, -0.15) is 0 Å². The van der Waals surface area contributed by atoms with E-state index in [-0.39, 0.29) is 0 Å². The van der Waals surface area contributed by atoms with Crippen LogP contribution in [0.4, 0.5) is 0 Å². The molecule has 0 amide bonds. The highest BCUT2D eigenvalue weighted by Crippen LogP contribution is 2.76. The Morgan fingerprint density at radius 3 is 0.727 bits per heavy atom. The average molecular weight is 484 g/mol. The number of unbranched alkanes of at least 4 members (excludes halogenated alkanes) is 12. The second-order valence-electron chi connectivity index (χ2n) is 11.7. The summed E-state index contributed by atoms with van der Waals surface area (Å²) in [4.78, 5) is 0. The summed E-state index contributed by atoms with van der Waals surface area (Å²) in [5.74, 6) is 0. The zero-order chi connectivity index (χ0) is 25.0. The molecule has 0 spiro atoms. The van der Waals surface area contributed by atoms with Crippen LogP contribution in [-0.2, 0) is 0 Å². The van der Waals surface area contributed by atoms with Gasteiger partial charge >= 0.3 is 0 Å². The third kappa shape index (κ3) is 12.8. The van der Waals surface area contributed by atoms with Gasteiger partial charge in [0.05, 0.1) is 22.6 Å². The second kappa shape index (κ2) is 21.7. The lowest BCUT2D eigenvalue weighted by molar-refractivity contribution is 0.568. The van der Waals surface area contributed by atoms with Crippen LogP contribution in [0.5, 0.6) is 0 Å². The first-order valence-electron chi connectivity index (χ1n) is 15.8. The molecular formula is C32H68P+. The molecule has 200 valence electrons. The molecule has 4 unspecified atom stereocenters. The maximum atomic E-state index is 2.73. The molecule has 0 radical (unpaired) electrons. The summed E-state index contributed by atoms with van der Waals surface area (Å²) < 4.78 is 0. The zero-order valence-corrected chi connectivity index (χ0v) is 25.8. The fourth-order valence-corrected chi connectivity index (χ4v) is 14.7. The van der Waals surface area contributed by atoms with Crippen LogP contribution in [0, 0.1) is 0 Å². The Morgan fingerprint density at radius 2 is 0.545 bits per heavy atom. The highest BCUT2D eigenvalue weighted by atomic mass is 31.2. The maximum absolute atomic E-state index is 2.73. The fraction of sp³-hybridized carbons (Fsp3) is 1.00. The number of rotatable bonds is 24. The van der Waals surface area contributed by atoms with E-state index in [4.69, 9.17) is 0 Å². The van der Waals surface area contributed by atoms with E-state index >= 15 is 0 Å². The third-order valence-electron chi connectivity index (χ3n) is 8.96. The molecule has 0 N–H and O–H groups in total. The fourth-order valence-electron chi connectivity index (χ4n) is 6.97. The highest BCUT2D eigenvalue weighted by molar-refractivity contribution is 7.78. The van der Waals surface area contributed by atoms with Gasteiger partial charge in [0.25, 0.3) is 0 Å². The molecule has 0 fully saturated rings. The second-order valence-corrected chi connectivity index (χ2v) is 17.0. The number of hydrogen-bond donors (Lipinski definition) is 0. The lowest BCUT2D eigenvalue weighted by Crippen LogP contribution is -2.35. The van der Waals surface area contributed by atoms with Gasteiger partial charge in [-0.15, -0.1) is 0 Å². The van der Waals surface area contributed by atoms with Gasteiger partial charge < -0.3 is 0 Å². The van der Waals surface area contributed by atoms with Crippen molar-refractivity contribution in [3.8, 4) is 0 Å². The molecule has 0 rings (SSSR count). The van der Waals surface area contributed by atoms with Gasteiger partial charge in [0.2, 0.25) is 0 Å². The van der Waals surface area contributed by atoms with Gasteiger partial charge in [0, 0.05) is 7.26 Å². The van der Waals surface area contributed by atoms with Crippen LogP contribution in [0.15, 0.2) is 0 Å². The first-order valence-corrected chi connectivity index (χ1v) is 17.9. The van der Waals surface area contributed by atoms with E-state index in [1.807, 2.05) is 0 Å². The molecular weight excluding hydrogens is 415 g/mol. The Hall–Kier alpha value is 0.430. The molecule has 0 bridgehead atoms. The third-order valence-corrected chi connectivity index (χ3v) is 16.1. The lowest BCUT2D eigenvalue weighted by Gasteiger charge is -2.47. The predicted molar refractivity (Wildman–Crippen MR) is 160 cm³/mol. The van der Waals surface area contributed by atoms with E-state index in [1.54, 1.807) is 0 Å². The Kier molecular flexibility index (Phi) is 22.0. The lowest BCUT2D eigenvalue weighted by atomic mass is 10.1. The average Bonchev–Trinajstić information content (AvgIpc) is 2.80. The first-order chi connectivity index (χ1) is 15.9. The van der Waals surface area contributed by atoms with Crippen molar-refractivity contribution in [2.45, 2.75) is 206 Å². The molecule has 0 saturated carbocycles. The summed E-state index contributed by atoms with van der Waals surface area (Å²) in [6.07, 6.45) is 29.0. The van der Waals surface area contributed by atoms with Gasteiger partial charge in [-0.25, -0.2) is 0 Å². The summed E-state index contributed by atoms with van der Waals surface area (Å²) in [7, 11) is -1.05. The minimum atomic E-state index is -1.05. The number of hydrogen-bond acceptors (Lipinski definition) is 0. The van der Waals surface area contributed by atoms with Crippen molar-refractivity contribution in [2.75, 3.05) is 0 Å². The van der Waals surface area contributed by atoms with E-state index < -0.39 is 7.26 Å². The minimum Gasteiger partial charge on any atom is -0.0654 e. The molecule has 0 aliphatic heterocycles. The summed E-state index contributed by atoms with van der Waals surface area (Å²) >= 11 is 0. The molecule has 0 heterocycles. The molecule has 0 aromatic carbocycles. The standard InChI is InChI=1S/C32H68P/c1-9-13-17-21-25-29(5)33(30(6)26-22-18-14-10-2,31(7)27-23-19-15-11-3)32(8)28-24-20-16-12-4/h29-32H,9-28H2,1-8H3/q+1. The Labute approximate surface area is 213 Å². The summed E-state index contributed by atoms with van der Waals surface area (Å²) in [5, 5.41) is 0. The molecule has 0 aliphatic carbocycles. The van der Waals surface area contributed by atoms with Gasteiger partial charge in [-0.3, -0.25) is 0 Å².